The highest BCUT2D eigenvalue weighted by Gasteiger charge is 2.17. The summed E-state index contributed by atoms with van der Waals surface area (Å²) in [5, 5.41) is 9.99. The topological polar surface area (TPSA) is 29.5 Å². The van der Waals surface area contributed by atoms with Gasteiger partial charge in [0.2, 0.25) is 0 Å². The van der Waals surface area contributed by atoms with Gasteiger partial charge in [-0.3, -0.25) is 0 Å². The van der Waals surface area contributed by atoms with Crippen LogP contribution in [-0.4, -0.2) is 24.4 Å². The molecule has 17 heavy (non-hydrogen) atoms. The molecule has 1 aromatic carbocycles. The van der Waals surface area contributed by atoms with E-state index in [0.29, 0.717) is 12.3 Å². The number of hydrogen-bond acceptors (Lipinski definition) is 2. The first-order chi connectivity index (χ1) is 8.24. The van der Waals surface area contributed by atoms with Crippen LogP contribution in [-0.2, 0) is 11.2 Å². The van der Waals surface area contributed by atoms with Crippen LogP contribution < -0.4 is 0 Å². The fourth-order valence-electron chi connectivity index (χ4n) is 2.34. The maximum absolute atomic E-state index is 12.7. The van der Waals surface area contributed by atoms with E-state index in [1.54, 1.807) is 12.1 Å². The lowest BCUT2D eigenvalue weighted by Gasteiger charge is -2.24. The maximum atomic E-state index is 12.7. The summed E-state index contributed by atoms with van der Waals surface area (Å²) in [6.07, 6.45) is 3.18. The van der Waals surface area contributed by atoms with Crippen LogP contribution in [0.1, 0.15) is 24.8 Å². The van der Waals surface area contributed by atoms with Gasteiger partial charge in [0.25, 0.3) is 0 Å². The molecule has 0 aromatic heterocycles. The van der Waals surface area contributed by atoms with Gasteiger partial charge in [0.1, 0.15) is 5.82 Å². The molecule has 3 heteroatoms. The minimum absolute atomic E-state index is 0.229. The predicted molar refractivity (Wildman–Crippen MR) is 64.3 cm³/mol. The summed E-state index contributed by atoms with van der Waals surface area (Å²) in [4.78, 5) is 0. The van der Waals surface area contributed by atoms with Crippen molar-refractivity contribution in [3.63, 3.8) is 0 Å². The molecule has 0 amide bonds. The minimum atomic E-state index is -0.330. The molecule has 0 radical (unpaired) electrons. The largest absolute Gasteiger partial charge is 0.393 e. The smallest absolute Gasteiger partial charge is 0.123 e. The van der Waals surface area contributed by atoms with Crippen molar-refractivity contribution in [2.45, 2.75) is 31.8 Å². The SMILES string of the molecule is OC(Cc1ccc(F)cc1)CC1CCOCC1. The lowest BCUT2D eigenvalue weighted by Crippen LogP contribution is -2.22. The van der Waals surface area contributed by atoms with Gasteiger partial charge < -0.3 is 9.84 Å². The molecule has 1 fully saturated rings. The van der Waals surface area contributed by atoms with E-state index in [0.717, 1.165) is 38.0 Å². The van der Waals surface area contributed by atoms with Crippen molar-refractivity contribution in [2.24, 2.45) is 5.92 Å². The third-order valence-electron chi connectivity index (χ3n) is 3.33. The zero-order chi connectivity index (χ0) is 12.1. The van der Waals surface area contributed by atoms with E-state index in [2.05, 4.69) is 0 Å². The van der Waals surface area contributed by atoms with Gasteiger partial charge in [-0.2, -0.15) is 0 Å². The molecule has 94 valence electrons. The lowest BCUT2D eigenvalue weighted by atomic mass is 9.91. The molecule has 2 nitrogen and oxygen atoms in total. The highest BCUT2D eigenvalue weighted by molar-refractivity contribution is 5.16. The Kier molecular flexibility index (Phi) is 4.51. The maximum Gasteiger partial charge on any atom is 0.123 e. The number of hydrogen-bond donors (Lipinski definition) is 1. The van der Waals surface area contributed by atoms with Crippen LogP contribution in [0.3, 0.4) is 0 Å². The zero-order valence-electron chi connectivity index (χ0n) is 9.94. The summed E-state index contributed by atoms with van der Waals surface area (Å²) in [6, 6.07) is 6.36. The second kappa shape index (κ2) is 6.12. The quantitative estimate of drug-likeness (QED) is 0.873. The first kappa shape index (κ1) is 12.5. The molecule has 0 saturated carbocycles. The van der Waals surface area contributed by atoms with Crippen LogP contribution in [0.4, 0.5) is 4.39 Å². The highest BCUT2D eigenvalue weighted by Crippen LogP contribution is 2.21. The summed E-state index contributed by atoms with van der Waals surface area (Å²) in [5.41, 5.74) is 0.992. The van der Waals surface area contributed by atoms with Crippen molar-refractivity contribution in [1.82, 2.24) is 0 Å². The first-order valence-corrected chi connectivity index (χ1v) is 6.24. The molecule has 1 N–H and O–H groups in total. The Balaban J connectivity index is 1.79. The second-order valence-electron chi connectivity index (χ2n) is 4.78. The van der Waals surface area contributed by atoms with Crippen LogP contribution in [0.2, 0.25) is 0 Å². The number of aliphatic hydroxyl groups is 1. The highest BCUT2D eigenvalue weighted by atomic mass is 19.1. The van der Waals surface area contributed by atoms with E-state index in [1.165, 1.54) is 12.1 Å². The van der Waals surface area contributed by atoms with Crippen LogP contribution in [0, 0.1) is 11.7 Å². The van der Waals surface area contributed by atoms with E-state index >= 15 is 0 Å². The monoisotopic (exact) mass is 238 g/mol. The molecule has 1 heterocycles. The first-order valence-electron chi connectivity index (χ1n) is 6.24. The van der Waals surface area contributed by atoms with Crippen LogP contribution in [0.5, 0.6) is 0 Å². The molecule has 1 aliphatic heterocycles. The Morgan fingerprint density at radius 2 is 1.88 bits per heavy atom. The summed E-state index contributed by atoms with van der Waals surface area (Å²) in [5.74, 6) is 0.340. The molecule has 1 saturated heterocycles. The Hall–Kier alpha value is -0.930. The van der Waals surface area contributed by atoms with Crippen molar-refractivity contribution in [2.75, 3.05) is 13.2 Å². The van der Waals surface area contributed by atoms with Gasteiger partial charge in [-0.05, 0) is 49.3 Å². The van der Waals surface area contributed by atoms with Gasteiger partial charge in [-0.15, -0.1) is 0 Å². The predicted octanol–water partition coefficient (Wildman–Crippen LogP) is 2.55. The van der Waals surface area contributed by atoms with E-state index in [-0.39, 0.29) is 11.9 Å². The number of aliphatic hydroxyl groups excluding tert-OH is 1. The standard InChI is InChI=1S/C14H19FO2/c15-13-3-1-11(2-4-13)9-14(16)10-12-5-7-17-8-6-12/h1-4,12,14,16H,5-10H2. The fraction of sp³-hybridized carbons (Fsp3) is 0.571. The summed E-state index contributed by atoms with van der Waals surface area (Å²) >= 11 is 0. The van der Waals surface area contributed by atoms with Crippen molar-refractivity contribution >= 4 is 0 Å². The van der Waals surface area contributed by atoms with Crippen molar-refractivity contribution < 1.29 is 14.2 Å². The van der Waals surface area contributed by atoms with Crippen molar-refractivity contribution in [3.05, 3.63) is 35.6 Å². The second-order valence-corrected chi connectivity index (χ2v) is 4.78. The molecule has 0 bridgehead atoms. The Labute approximate surface area is 101 Å². The van der Waals surface area contributed by atoms with Crippen molar-refractivity contribution in [1.29, 1.82) is 0 Å². The van der Waals surface area contributed by atoms with Crippen LogP contribution >= 0.6 is 0 Å². The summed E-state index contributed by atoms with van der Waals surface area (Å²) in [7, 11) is 0. The molecule has 2 rings (SSSR count). The van der Waals surface area contributed by atoms with E-state index in [9.17, 15) is 9.50 Å². The van der Waals surface area contributed by atoms with E-state index < -0.39 is 0 Å². The summed E-state index contributed by atoms with van der Waals surface area (Å²) in [6.45, 7) is 1.63. The number of ether oxygens (including phenoxy) is 1. The molecule has 1 aliphatic rings. The molecule has 1 aromatic rings. The average molecular weight is 238 g/mol. The Bertz CT molecular complexity index is 331. The molecular formula is C14H19FO2. The molecule has 1 atom stereocenters. The third-order valence-corrected chi connectivity index (χ3v) is 3.33. The van der Waals surface area contributed by atoms with E-state index in [4.69, 9.17) is 4.74 Å². The lowest BCUT2D eigenvalue weighted by molar-refractivity contribution is 0.0439. The number of benzene rings is 1. The third kappa shape index (κ3) is 4.10. The van der Waals surface area contributed by atoms with Crippen LogP contribution in [0.15, 0.2) is 24.3 Å². The Morgan fingerprint density at radius 3 is 2.53 bits per heavy atom. The van der Waals surface area contributed by atoms with Crippen molar-refractivity contribution in [3.8, 4) is 0 Å². The number of halogens is 1. The normalized spacial score (nSPS) is 19.2. The van der Waals surface area contributed by atoms with Gasteiger partial charge in [0.05, 0.1) is 6.10 Å². The van der Waals surface area contributed by atoms with Crippen LogP contribution in [0.25, 0.3) is 0 Å². The fourth-order valence-corrected chi connectivity index (χ4v) is 2.34. The molecular weight excluding hydrogens is 219 g/mol. The minimum Gasteiger partial charge on any atom is -0.393 e. The van der Waals surface area contributed by atoms with Gasteiger partial charge in [-0.1, -0.05) is 12.1 Å². The molecule has 0 aliphatic carbocycles. The average Bonchev–Trinajstić information content (AvgIpc) is 2.33. The van der Waals surface area contributed by atoms with Gasteiger partial charge in [-0.25, -0.2) is 4.39 Å². The Morgan fingerprint density at radius 1 is 1.24 bits per heavy atom. The zero-order valence-corrected chi connectivity index (χ0v) is 9.94. The van der Waals surface area contributed by atoms with Gasteiger partial charge in [0.15, 0.2) is 0 Å². The van der Waals surface area contributed by atoms with E-state index in [1.807, 2.05) is 0 Å². The molecule has 0 spiro atoms. The van der Waals surface area contributed by atoms with Gasteiger partial charge in [0, 0.05) is 13.2 Å². The summed E-state index contributed by atoms with van der Waals surface area (Å²) < 4.78 is 18.0. The number of rotatable bonds is 4. The van der Waals surface area contributed by atoms with Gasteiger partial charge >= 0.3 is 0 Å². The molecule has 1 unspecified atom stereocenters.